The van der Waals surface area contributed by atoms with E-state index in [0.29, 0.717) is 6.61 Å². The molecule has 2 atom stereocenters. The molecule has 0 saturated carbocycles. The SMILES string of the molecule is CC(N)C(OCc1cccc(Cl)c1)c1ccccc1. The Hall–Kier alpha value is -1.35. The van der Waals surface area contributed by atoms with Crippen molar-refractivity contribution in [1.29, 1.82) is 0 Å². The smallest absolute Gasteiger partial charge is 0.0977 e. The van der Waals surface area contributed by atoms with Crippen molar-refractivity contribution in [2.24, 2.45) is 5.73 Å². The van der Waals surface area contributed by atoms with Crippen LogP contribution < -0.4 is 5.73 Å². The van der Waals surface area contributed by atoms with Gasteiger partial charge in [0.25, 0.3) is 0 Å². The Morgan fingerprint density at radius 1 is 1.11 bits per heavy atom. The van der Waals surface area contributed by atoms with Gasteiger partial charge in [0.1, 0.15) is 0 Å². The summed E-state index contributed by atoms with van der Waals surface area (Å²) in [7, 11) is 0. The van der Waals surface area contributed by atoms with Crippen molar-refractivity contribution in [2.45, 2.75) is 25.7 Å². The molecule has 2 rings (SSSR count). The van der Waals surface area contributed by atoms with Crippen molar-refractivity contribution >= 4 is 11.6 Å². The summed E-state index contributed by atoms with van der Waals surface area (Å²) in [5, 5.41) is 0.721. The molecule has 0 aliphatic carbocycles. The van der Waals surface area contributed by atoms with Gasteiger partial charge in [0, 0.05) is 11.1 Å². The molecule has 0 saturated heterocycles. The van der Waals surface area contributed by atoms with Gasteiger partial charge >= 0.3 is 0 Å². The largest absolute Gasteiger partial charge is 0.367 e. The molecule has 0 amide bonds. The summed E-state index contributed by atoms with van der Waals surface area (Å²) in [4.78, 5) is 0. The van der Waals surface area contributed by atoms with Gasteiger partial charge in [0.15, 0.2) is 0 Å². The van der Waals surface area contributed by atoms with E-state index in [2.05, 4.69) is 0 Å². The first kappa shape index (κ1) is 14.1. The third-order valence-electron chi connectivity index (χ3n) is 2.92. The Balaban J connectivity index is 2.06. The molecule has 2 nitrogen and oxygen atoms in total. The van der Waals surface area contributed by atoms with Crippen molar-refractivity contribution in [3.63, 3.8) is 0 Å². The number of benzene rings is 2. The van der Waals surface area contributed by atoms with Gasteiger partial charge in [-0.2, -0.15) is 0 Å². The predicted molar refractivity (Wildman–Crippen MR) is 79.1 cm³/mol. The highest BCUT2D eigenvalue weighted by Crippen LogP contribution is 2.22. The van der Waals surface area contributed by atoms with Gasteiger partial charge in [-0.3, -0.25) is 0 Å². The van der Waals surface area contributed by atoms with Crippen LogP contribution in [0.15, 0.2) is 54.6 Å². The molecule has 2 aromatic rings. The van der Waals surface area contributed by atoms with Crippen LogP contribution in [-0.4, -0.2) is 6.04 Å². The van der Waals surface area contributed by atoms with E-state index in [1.165, 1.54) is 0 Å². The molecule has 2 unspecified atom stereocenters. The molecule has 3 heteroatoms. The minimum Gasteiger partial charge on any atom is -0.367 e. The molecule has 0 aliphatic rings. The first-order valence-electron chi connectivity index (χ1n) is 6.33. The summed E-state index contributed by atoms with van der Waals surface area (Å²) in [5.74, 6) is 0. The summed E-state index contributed by atoms with van der Waals surface area (Å²) in [5.41, 5.74) is 8.16. The van der Waals surface area contributed by atoms with E-state index >= 15 is 0 Å². The zero-order chi connectivity index (χ0) is 13.7. The third-order valence-corrected chi connectivity index (χ3v) is 3.16. The average Bonchev–Trinajstić information content (AvgIpc) is 2.40. The van der Waals surface area contributed by atoms with Gasteiger partial charge in [-0.1, -0.05) is 54.1 Å². The Kier molecular flexibility index (Phi) is 4.97. The second kappa shape index (κ2) is 6.71. The number of nitrogens with two attached hydrogens (primary N) is 1. The first-order valence-corrected chi connectivity index (χ1v) is 6.71. The Bertz CT molecular complexity index is 513. The van der Waals surface area contributed by atoms with Crippen LogP contribution in [0.1, 0.15) is 24.2 Å². The number of hydrogen-bond acceptors (Lipinski definition) is 2. The van der Waals surface area contributed by atoms with Gasteiger partial charge in [0.2, 0.25) is 0 Å². The first-order chi connectivity index (χ1) is 9.16. The fraction of sp³-hybridized carbons (Fsp3) is 0.250. The molecule has 19 heavy (non-hydrogen) atoms. The molecular formula is C16H18ClNO. The van der Waals surface area contributed by atoms with Gasteiger partial charge in [-0.25, -0.2) is 0 Å². The summed E-state index contributed by atoms with van der Waals surface area (Å²) >= 11 is 5.96. The lowest BCUT2D eigenvalue weighted by Crippen LogP contribution is -2.26. The lowest BCUT2D eigenvalue weighted by Gasteiger charge is -2.22. The lowest BCUT2D eigenvalue weighted by atomic mass is 10.0. The molecule has 2 aromatic carbocycles. The van der Waals surface area contributed by atoms with Crippen LogP contribution in [0.3, 0.4) is 0 Å². The molecular weight excluding hydrogens is 258 g/mol. The van der Waals surface area contributed by atoms with Crippen molar-refractivity contribution in [2.75, 3.05) is 0 Å². The second-order valence-electron chi connectivity index (χ2n) is 4.63. The van der Waals surface area contributed by atoms with Crippen molar-refractivity contribution < 1.29 is 4.74 Å². The van der Waals surface area contributed by atoms with Crippen LogP contribution in [0, 0.1) is 0 Å². The maximum Gasteiger partial charge on any atom is 0.0977 e. The van der Waals surface area contributed by atoms with E-state index in [1.807, 2.05) is 61.5 Å². The van der Waals surface area contributed by atoms with Gasteiger partial charge in [0.05, 0.1) is 12.7 Å². The molecule has 2 N–H and O–H groups in total. The normalized spacial score (nSPS) is 14.1. The van der Waals surface area contributed by atoms with Crippen LogP contribution in [0.5, 0.6) is 0 Å². The van der Waals surface area contributed by atoms with Crippen LogP contribution in [0.2, 0.25) is 5.02 Å². The van der Waals surface area contributed by atoms with E-state index in [1.54, 1.807) is 0 Å². The van der Waals surface area contributed by atoms with Crippen molar-refractivity contribution in [1.82, 2.24) is 0 Å². The molecule has 0 fully saturated rings. The van der Waals surface area contributed by atoms with E-state index in [9.17, 15) is 0 Å². The molecule has 0 aromatic heterocycles. The number of ether oxygens (including phenoxy) is 1. The van der Waals surface area contributed by atoms with Crippen LogP contribution in [0.25, 0.3) is 0 Å². The van der Waals surface area contributed by atoms with Crippen molar-refractivity contribution in [3.8, 4) is 0 Å². The van der Waals surface area contributed by atoms with Gasteiger partial charge < -0.3 is 10.5 Å². The maximum absolute atomic E-state index is 6.01. The van der Waals surface area contributed by atoms with Gasteiger partial charge in [-0.05, 0) is 30.2 Å². The van der Waals surface area contributed by atoms with E-state index in [0.717, 1.165) is 16.1 Å². The predicted octanol–water partition coefficient (Wildman–Crippen LogP) is 3.95. The fourth-order valence-corrected chi connectivity index (χ4v) is 2.22. The number of hydrogen-bond donors (Lipinski definition) is 1. The van der Waals surface area contributed by atoms with E-state index in [4.69, 9.17) is 22.1 Å². The number of rotatable bonds is 5. The van der Waals surface area contributed by atoms with E-state index < -0.39 is 0 Å². The third kappa shape index (κ3) is 4.06. The number of halogens is 1. The molecule has 100 valence electrons. The lowest BCUT2D eigenvalue weighted by molar-refractivity contribution is 0.0259. The zero-order valence-electron chi connectivity index (χ0n) is 10.9. The van der Waals surface area contributed by atoms with Crippen LogP contribution in [-0.2, 0) is 11.3 Å². The monoisotopic (exact) mass is 275 g/mol. The quantitative estimate of drug-likeness (QED) is 0.897. The topological polar surface area (TPSA) is 35.2 Å². The van der Waals surface area contributed by atoms with Gasteiger partial charge in [-0.15, -0.1) is 0 Å². The highest BCUT2D eigenvalue weighted by Gasteiger charge is 2.16. The van der Waals surface area contributed by atoms with Crippen molar-refractivity contribution in [3.05, 3.63) is 70.7 Å². The average molecular weight is 276 g/mol. The van der Waals surface area contributed by atoms with E-state index in [-0.39, 0.29) is 12.1 Å². The highest BCUT2D eigenvalue weighted by molar-refractivity contribution is 6.30. The van der Waals surface area contributed by atoms with Crippen LogP contribution >= 0.6 is 11.6 Å². The summed E-state index contributed by atoms with van der Waals surface area (Å²) in [6.45, 7) is 2.46. The molecule has 0 radical (unpaired) electrons. The highest BCUT2D eigenvalue weighted by atomic mass is 35.5. The molecule has 0 spiro atoms. The molecule has 0 heterocycles. The zero-order valence-corrected chi connectivity index (χ0v) is 11.7. The summed E-state index contributed by atoms with van der Waals surface area (Å²) in [6.07, 6.45) is -0.111. The summed E-state index contributed by atoms with van der Waals surface area (Å²) < 4.78 is 5.95. The molecule has 0 bridgehead atoms. The minimum atomic E-state index is -0.111. The second-order valence-corrected chi connectivity index (χ2v) is 5.07. The molecule has 0 aliphatic heterocycles. The summed E-state index contributed by atoms with van der Waals surface area (Å²) in [6, 6.07) is 17.6. The maximum atomic E-state index is 6.01. The Morgan fingerprint density at radius 2 is 1.84 bits per heavy atom. The fourth-order valence-electron chi connectivity index (χ4n) is 2.01. The standard InChI is InChI=1S/C16H18ClNO/c1-12(18)16(14-7-3-2-4-8-14)19-11-13-6-5-9-15(17)10-13/h2-10,12,16H,11,18H2,1H3. The Morgan fingerprint density at radius 3 is 2.47 bits per heavy atom. The Labute approximate surface area is 119 Å². The van der Waals surface area contributed by atoms with Crippen LogP contribution in [0.4, 0.5) is 0 Å². The minimum absolute atomic E-state index is 0.0680.